The fraction of sp³-hybridized carbons (Fsp3) is 0.529. The van der Waals surface area contributed by atoms with Crippen LogP contribution in [0.2, 0.25) is 5.02 Å². The first-order chi connectivity index (χ1) is 11.0. The van der Waals surface area contributed by atoms with Gasteiger partial charge < -0.3 is 15.2 Å². The van der Waals surface area contributed by atoms with Crippen molar-refractivity contribution < 1.29 is 19.4 Å². The quantitative estimate of drug-likeness (QED) is 0.835. The molecule has 1 aromatic carbocycles. The van der Waals surface area contributed by atoms with Crippen LogP contribution in [0.1, 0.15) is 37.7 Å². The minimum atomic E-state index is -1.04. The zero-order valence-corrected chi connectivity index (χ0v) is 13.9. The second kappa shape index (κ2) is 8.20. The van der Waals surface area contributed by atoms with Gasteiger partial charge in [0.05, 0.1) is 12.1 Å². The number of nitrogens with one attached hydrogen (secondary N) is 1. The summed E-state index contributed by atoms with van der Waals surface area (Å²) in [6.45, 7) is 0. The van der Waals surface area contributed by atoms with Crippen LogP contribution in [-0.4, -0.2) is 30.1 Å². The van der Waals surface area contributed by atoms with E-state index in [1.807, 2.05) is 0 Å². The van der Waals surface area contributed by atoms with Gasteiger partial charge in [-0.3, -0.25) is 4.79 Å². The average Bonchev–Trinajstić information content (AvgIpc) is 2.55. The summed E-state index contributed by atoms with van der Waals surface area (Å²) in [6, 6.07) is 4.17. The first kappa shape index (κ1) is 17.6. The smallest absolute Gasteiger partial charge is 0.326 e. The molecular weight excluding hydrogens is 318 g/mol. The van der Waals surface area contributed by atoms with Gasteiger partial charge in [-0.15, -0.1) is 0 Å². The maximum Gasteiger partial charge on any atom is 0.326 e. The summed E-state index contributed by atoms with van der Waals surface area (Å²) in [7, 11) is 1.52. The SMILES string of the molecule is COc1ccc(C[C@H](NC(=O)C2CCCCC2)C(=O)O)cc1Cl. The van der Waals surface area contributed by atoms with E-state index in [-0.39, 0.29) is 18.2 Å². The maximum atomic E-state index is 12.3. The normalized spacial score (nSPS) is 16.6. The Labute approximate surface area is 141 Å². The molecule has 1 aliphatic rings. The van der Waals surface area contributed by atoms with Crippen LogP contribution in [-0.2, 0) is 16.0 Å². The molecular formula is C17H22ClNO4. The Morgan fingerprint density at radius 2 is 2.04 bits per heavy atom. The van der Waals surface area contributed by atoms with Crippen molar-refractivity contribution in [1.29, 1.82) is 0 Å². The number of hydrogen-bond donors (Lipinski definition) is 2. The highest BCUT2D eigenvalue weighted by Gasteiger charge is 2.26. The summed E-state index contributed by atoms with van der Waals surface area (Å²) < 4.78 is 5.08. The van der Waals surface area contributed by atoms with Crippen molar-refractivity contribution in [3.8, 4) is 5.75 Å². The number of carbonyl (C=O) groups is 2. The summed E-state index contributed by atoms with van der Waals surface area (Å²) in [5.74, 6) is -0.726. The van der Waals surface area contributed by atoms with Gasteiger partial charge >= 0.3 is 5.97 Å². The average molecular weight is 340 g/mol. The Balaban J connectivity index is 2.02. The van der Waals surface area contributed by atoms with Crippen molar-refractivity contribution in [2.45, 2.75) is 44.6 Å². The molecule has 0 radical (unpaired) electrons. The van der Waals surface area contributed by atoms with E-state index in [4.69, 9.17) is 16.3 Å². The summed E-state index contributed by atoms with van der Waals surface area (Å²) in [6.07, 6.45) is 5.08. The molecule has 0 heterocycles. The molecule has 1 amide bonds. The van der Waals surface area contributed by atoms with Crippen molar-refractivity contribution >= 4 is 23.5 Å². The molecule has 1 atom stereocenters. The number of carbonyl (C=O) groups excluding carboxylic acids is 1. The Morgan fingerprint density at radius 1 is 1.35 bits per heavy atom. The molecule has 0 aliphatic heterocycles. The molecule has 1 aromatic rings. The van der Waals surface area contributed by atoms with Crippen molar-refractivity contribution in [3.05, 3.63) is 28.8 Å². The third-order valence-electron chi connectivity index (χ3n) is 4.25. The predicted molar refractivity (Wildman–Crippen MR) is 87.8 cm³/mol. The molecule has 6 heteroatoms. The van der Waals surface area contributed by atoms with Crippen LogP contribution in [0.4, 0.5) is 0 Å². The molecule has 2 rings (SSSR count). The Morgan fingerprint density at radius 3 is 2.61 bits per heavy atom. The highest BCUT2D eigenvalue weighted by atomic mass is 35.5. The second-order valence-electron chi connectivity index (χ2n) is 5.91. The second-order valence-corrected chi connectivity index (χ2v) is 6.31. The van der Waals surface area contributed by atoms with Crippen molar-refractivity contribution in [1.82, 2.24) is 5.32 Å². The van der Waals surface area contributed by atoms with Crippen LogP contribution in [0.15, 0.2) is 18.2 Å². The summed E-state index contributed by atoms with van der Waals surface area (Å²) in [5, 5.41) is 12.5. The monoisotopic (exact) mass is 339 g/mol. The van der Waals surface area contributed by atoms with Crippen LogP contribution in [0.3, 0.4) is 0 Å². The first-order valence-corrected chi connectivity index (χ1v) is 8.24. The van der Waals surface area contributed by atoms with E-state index in [1.165, 1.54) is 7.11 Å². The number of benzene rings is 1. The molecule has 23 heavy (non-hydrogen) atoms. The lowest BCUT2D eigenvalue weighted by Crippen LogP contribution is -2.45. The zero-order valence-electron chi connectivity index (χ0n) is 13.2. The molecule has 0 bridgehead atoms. The van der Waals surface area contributed by atoms with Crippen LogP contribution in [0, 0.1) is 5.92 Å². The van der Waals surface area contributed by atoms with E-state index in [1.54, 1.807) is 18.2 Å². The lowest BCUT2D eigenvalue weighted by molar-refractivity contribution is -0.142. The number of methoxy groups -OCH3 is 1. The minimum Gasteiger partial charge on any atom is -0.495 e. The third-order valence-corrected chi connectivity index (χ3v) is 4.54. The molecule has 126 valence electrons. The van der Waals surface area contributed by atoms with Crippen molar-refractivity contribution in [2.75, 3.05) is 7.11 Å². The van der Waals surface area contributed by atoms with Gasteiger partial charge in [-0.25, -0.2) is 4.79 Å². The number of carboxylic acids is 1. The van der Waals surface area contributed by atoms with Gasteiger partial charge in [0.2, 0.25) is 5.91 Å². The fourth-order valence-electron chi connectivity index (χ4n) is 2.93. The fourth-order valence-corrected chi connectivity index (χ4v) is 3.21. The molecule has 5 nitrogen and oxygen atoms in total. The lowest BCUT2D eigenvalue weighted by Gasteiger charge is -2.23. The first-order valence-electron chi connectivity index (χ1n) is 7.87. The highest BCUT2D eigenvalue weighted by Crippen LogP contribution is 2.26. The number of carboxylic acid groups (broad SMARTS) is 1. The van der Waals surface area contributed by atoms with E-state index in [0.717, 1.165) is 37.7 Å². The number of rotatable bonds is 6. The summed E-state index contributed by atoms with van der Waals surface area (Å²) in [5.41, 5.74) is 0.743. The number of halogens is 1. The molecule has 0 aromatic heterocycles. The Kier molecular flexibility index (Phi) is 6.28. The molecule has 0 saturated heterocycles. The van der Waals surface area contributed by atoms with Crippen molar-refractivity contribution in [2.24, 2.45) is 5.92 Å². The Hall–Kier alpha value is -1.75. The van der Waals surface area contributed by atoms with Gasteiger partial charge in [0.25, 0.3) is 0 Å². The van der Waals surface area contributed by atoms with Gasteiger partial charge in [-0.1, -0.05) is 36.9 Å². The topological polar surface area (TPSA) is 75.6 Å². The van der Waals surface area contributed by atoms with E-state index < -0.39 is 12.0 Å². The van der Waals surface area contributed by atoms with Crippen LogP contribution in [0.25, 0.3) is 0 Å². The highest BCUT2D eigenvalue weighted by molar-refractivity contribution is 6.32. The van der Waals surface area contributed by atoms with E-state index in [0.29, 0.717) is 10.8 Å². The molecule has 2 N–H and O–H groups in total. The number of ether oxygens (including phenoxy) is 1. The van der Waals surface area contributed by atoms with E-state index in [2.05, 4.69) is 5.32 Å². The van der Waals surface area contributed by atoms with Crippen LogP contribution in [0.5, 0.6) is 5.75 Å². The zero-order chi connectivity index (χ0) is 16.8. The van der Waals surface area contributed by atoms with Gasteiger partial charge in [0.1, 0.15) is 11.8 Å². The molecule has 0 unspecified atom stereocenters. The largest absolute Gasteiger partial charge is 0.495 e. The van der Waals surface area contributed by atoms with Gasteiger partial charge in [0.15, 0.2) is 0 Å². The van der Waals surface area contributed by atoms with Gasteiger partial charge in [0, 0.05) is 12.3 Å². The molecule has 1 aliphatic carbocycles. The van der Waals surface area contributed by atoms with Crippen LogP contribution < -0.4 is 10.1 Å². The van der Waals surface area contributed by atoms with E-state index in [9.17, 15) is 14.7 Å². The lowest BCUT2D eigenvalue weighted by atomic mass is 9.88. The van der Waals surface area contributed by atoms with Crippen LogP contribution >= 0.6 is 11.6 Å². The summed E-state index contributed by atoms with van der Waals surface area (Å²) >= 11 is 6.06. The minimum absolute atomic E-state index is 0.0648. The predicted octanol–water partition coefficient (Wildman–Crippen LogP) is 3.04. The molecule has 0 spiro atoms. The standard InChI is InChI=1S/C17H22ClNO4/c1-23-15-8-7-11(9-13(15)18)10-14(17(21)22)19-16(20)12-5-3-2-4-6-12/h7-9,12,14H,2-6,10H2,1H3,(H,19,20)(H,21,22)/t14-/m0/s1. The van der Waals surface area contributed by atoms with Gasteiger partial charge in [-0.2, -0.15) is 0 Å². The van der Waals surface area contributed by atoms with E-state index >= 15 is 0 Å². The number of aliphatic carboxylic acids is 1. The molecule has 1 saturated carbocycles. The Bertz CT molecular complexity index is 570. The van der Waals surface area contributed by atoms with Gasteiger partial charge in [-0.05, 0) is 30.5 Å². The summed E-state index contributed by atoms with van der Waals surface area (Å²) in [4.78, 5) is 23.7. The van der Waals surface area contributed by atoms with Crippen molar-refractivity contribution in [3.63, 3.8) is 0 Å². The maximum absolute atomic E-state index is 12.3. The number of amides is 1. The molecule has 1 fully saturated rings. The third kappa shape index (κ3) is 4.86. The number of hydrogen-bond acceptors (Lipinski definition) is 3.